The minimum Gasteiger partial charge on any atom is -0.361 e. The van der Waals surface area contributed by atoms with Gasteiger partial charge in [0.15, 0.2) is 0 Å². The first-order chi connectivity index (χ1) is 15.5. The third-order valence-corrected chi connectivity index (χ3v) is 5.95. The summed E-state index contributed by atoms with van der Waals surface area (Å²) in [6, 6.07) is 17.2. The lowest BCUT2D eigenvalue weighted by molar-refractivity contribution is -0.118. The van der Waals surface area contributed by atoms with Crippen molar-refractivity contribution < 1.29 is 14.4 Å². The van der Waals surface area contributed by atoms with Gasteiger partial charge in [-0.25, -0.2) is 0 Å². The smallest absolute Gasteiger partial charge is 0.262 e. The number of para-hydroxylation sites is 1. The number of fused-ring (bicyclic) bond motifs is 1. The summed E-state index contributed by atoms with van der Waals surface area (Å²) in [4.78, 5) is 41.6. The second-order valence-corrected chi connectivity index (χ2v) is 8.16. The minimum atomic E-state index is -0.813. The molecule has 3 amide bonds. The largest absolute Gasteiger partial charge is 0.361 e. The molecule has 0 aliphatic carbocycles. The van der Waals surface area contributed by atoms with Gasteiger partial charge in [-0.3, -0.25) is 14.4 Å². The molecule has 0 saturated carbocycles. The highest BCUT2D eigenvalue weighted by Gasteiger charge is 2.24. The number of anilines is 1. The van der Waals surface area contributed by atoms with Gasteiger partial charge in [0, 0.05) is 41.8 Å². The van der Waals surface area contributed by atoms with Crippen LogP contribution < -0.4 is 16.0 Å². The van der Waals surface area contributed by atoms with Crippen molar-refractivity contribution in [2.45, 2.75) is 12.5 Å². The van der Waals surface area contributed by atoms with Crippen LogP contribution >= 0.6 is 11.3 Å². The molecule has 32 heavy (non-hydrogen) atoms. The Balaban J connectivity index is 1.58. The van der Waals surface area contributed by atoms with Crippen molar-refractivity contribution in [1.82, 2.24) is 15.6 Å². The van der Waals surface area contributed by atoms with Gasteiger partial charge in [-0.2, -0.15) is 0 Å². The number of aromatic amines is 1. The summed E-state index contributed by atoms with van der Waals surface area (Å²) >= 11 is 1.31. The second kappa shape index (κ2) is 9.49. The van der Waals surface area contributed by atoms with E-state index >= 15 is 0 Å². The quantitative estimate of drug-likeness (QED) is 0.349. The van der Waals surface area contributed by atoms with Crippen LogP contribution in [0.15, 0.2) is 72.2 Å². The zero-order valence-corrected chi connectivity index (χ0v) is 18.2. The monoisotopic (exact) mass is 446 g/mol. The number of nitrogens with one attached hydrogen (secondary N) is 4. The number of H-pyrrole nitrogens is 1. The van der Waals surface area contributed by atoms with Gasteiger partial charge in [-0.1, -0.05) is 30.3 Å². The molecule has 4 rings (SSSR count). The van der Waals surface area contributed by atoms with Crippen LogP contribution in [0.2, 0.25) is 0 Å². The number of hydrogen-bond acceptors (Lipinski definition) is 4. The van der Waals surface area contributed by atoms with Crippen LogP contribution in [-0.4, -0.2) is 35.8 Å². The summed E-state index contributed by atoms with van der Waals surface area (Å²) in [6.45, 7) is 0. The Morgan fingerprint density at radius 1 is 1.00 bits per heavy atom. The van der Waals surface area contributed by atoms with E-state index in [2.05, 4.69) is 20.9 Å². The zero-order valence-electron chi connectivity index (χ0n) is 17.3. The Morgan fingerprint density at radius 3 is 2.62 bits per heavy atom. The van der Waals surface area contributed by atoms with Crippen LogP contribution in [0.4, 0.5) is 5.69 Å². The number of aromatic nitrogens is 1. The number of carbonyl (C=O) groups excluding carboxylic acids is 3. The summed E-state index contributed by atoms with van der Waals surface area (Å²) in [5, 5.41) is 11.1. The average Bonchev–Trinajstić information content (AvgIpc) is 3.49. The first kappa shape index (κ1) is 21.3. The summed E-state index contributed by atoms with van der Waals surface area (Å²) in [7, 11) is 1.55. The fourth-order valence-electron chi connectivity index (χ4n) is 3.48. The molecule has 0 fully saturated rings. The van der Waals surface area contributed by atoms with Crippen LogP contribution in [0.3, 0.4) is 0 Å². The van der Waals surface area contributed by atoms with Crippen molar-refractivity contribution >= 4 is 45.6 Å². The van der Waals surface area contributed by atoms with Gasteiger partial charge in [0.2, 0.25) is 5.91 Å². The SMILES string of the molecule is CNC(=O)c1cccc(NC(=O)[C@H](Cc2c[nH]c3ccccc23)NC(=O)c2cccs2)c1. The summed E-state index contributed by atoms with van der Waals surface area (Å²) < 4.78 is 0. The molecule has 0 aliphatic rings. The predicted molar refractivity (Wildman–Crippen MR) is 126 cm³/mol. The number of rotatable bonds is 7. The van der Waals surface area contributed by atoms with Crippen LogP contribution in [0.1, 0.15) is 25.6 Å². The van der Waals surface area contributed by atoms with Crippen LogP contribution in [0.5, 0.6) is 0 Å². The predicted octanol–water partition coefficient (Wildman–Crippen LogP) is 3.57. The third-order valence-electron chi connectivity index (χ3n) is 5.09. The van der Waals surface area contributed by atoms with E-state index in [1.165, 1.54) is 11.3 Å². The molecular weight excluding hydrogens is 424 g/mol. The number of benzene rings is 2. The van der Waals surface area contributed by atoms with Crippen molar-refractivity contribution in [2.75, 3.05) is 12.4 Å². The zero-order chi connectivity index (χ0) is 22.5. The first-order valence-electron chi connectivity index (χ1n) is 10.1. The van der Waals surface area contributed by atoms with E-state index in [0.29, 0.717) is 22.5 Å². The molecule has 0 spiro atoms. The van der Waals surface area contributed by atoms with Gasteiger partial charge in [-0.15, -0.1) is 11.3 Å². The Labute approximate surface area is 188 Å². The highest BCUT2D eigenvalue weighted by molar-refractivity contribution is 7.12. The highest BCUT2D eigenvalue weighted by Crippen LogP contribution is 2.20. The lowest BCUT2D eigenvalue weighted by Gasteiger charge is -2.18. The van der Waals surface area contributed by atoms with E-state index in [0.717, 1.165) is 16.5 Å². The molecule has 2 aromatic carbocycles. The van der Waals surface area contributed by atoms with E-state index in [9.17, 15) is 14.4 Å². The molecule has 162 valence electrons. The molecule has 0 unspecified atom stereocenters. The fourth-order valence-corrected chi connectivity index (χ4v) is 4.11. The lowest BCUT2D eigenvalue weighted by Crippen LogP contribution is -2.45. The summed E-state index contributed by atoms with van der Waals surface area (Å²) in [5.74, 6) is -0.921. The summed E-state index contributed by atoms with van der Waals surface area (Å²) in [5.41, 5.74) is 2.79. The minimum absolute atomic E-state index is 0.248. The average molecular weight is 447 g/mol. The number of thiophene rings is 1. The molecule has 0 bridgehead atoms. The molecule has 8 heteroatoms. The van der Waals surface area contributed by atoms with Crippen molar-refractivity contribution in [1.29, 1.82) is 0 Å². The van der Waals surface area contributed by atoms with Gasteiger partial charge >= 0.3 is 0 Å². The van der Waals surface area contributed by atoms with E-state index in [-0.39, 0.29) is 17.7 Å². The standard InChI is InChI=1S/C24H22N4O3S/c1-25-22(29)15-6-4-7-17(12-15)27-23(30)20(28-24(31)21-10-5-11-32-21)13-16-14-26-19-9-3-2-8-18(16)19/h2-12,14,20,26H,13H2,1H3,(H,25,29)(H,27,30)(H,28,31)/t20-/m0/s1. The van der Waals surface area contributed by atoms with Crippen LogP contribution in [-0.2, 0) is 11.2 Å². The lowest BCUT2D eigenvalue weighted by atomic mass is 10.0. The molecule has 2 aromatic heterocycles. The molecule has 2 heterocycles. The van der Waals surface area contributed by atoms with E-state index in [4.69, 9.17) is 0 Å². The van der Waals surface area contributed by atoms with Crippen molar-refractivity contribution in [2.24, 2.45) is 0 Å². The Kier molecular flexibility index (Phi) is 6.32. The molecule has 4 N–H and O–H groups in total. The Hall–Kier alpha value is -3.91. The normalized spacial score (nSPS) is 11.7. The van der Waals surface area contributed by atoms with Gasteiger partial charge < -0.3 is 20.9 Å². The third kappa shape index (κ3) is 4.70. The highest BCUT2D eigenvalue weighted by atomic mass is 32.1. The Bertz CT molecular complexity index is 1260. The maximum absolute atomic E-state index is 13.2. The number of carbonyl (C=O) groups is 3. The number of amides is 3. The van der Waals surface area contributed by atoms with Crippen molar-refractivity contribution in [3.05, 3.63) is 88.2 Å². The maximum atomic E-state index is 13.2. The van der Waals surface area contributed by atoms with E-state index < -0.39 is 6.04 Å². The van der Waals surface area contributed by atoms with Gasteiger partial charge in [0.05, 0.1) is 4.88 Å². The number of hydrogen-bond donors (Lipinski definition) is 4. The second-order valence-electron chi connectivity index (χ2n) is 7.22. The maximum Gasteiger partial charge on any atom is 0.262 e. The molecule has 0 radical (unpaired) electrons. The van der Waals surface area contributed by atoms with Gasteiger partial charge in [0.25, 0.3) is 11.8 Å². The first-order valence-corrected chi connectivity index (χ1v) is 11.0. The molecule has 7 nitrogen and oxygen atoms in total. The Morgan fingerprint density at radius 2 is 1.84 bits per heavy atom. The fraction of sp³-hybridized carbons (Fsp3) is 0.125. The van der Waals surface area contributed by atoms with Crippen LogP contribution in [0.25, 0.3) is 10.9 Å². The molecule has 0 aliphatic heterocycles. The molecular formula is C24H22N4O3S. The van der Waals surface area contributed by atoms with E-state index in [1.807, 2.05) is 35.8 Å². The van der Waals surface area contributed by atoms with Gasteiger partial charge in [0.1, 0.15) is 6.04 Å². The van der Waals surface area contributed by atoms with Crippen molar-refractivity contribution in [3.63, 3.8) is 0 Å². The molecule has 1 atom stereocenters. The van der Waals surface area contributed by atoms with Crippen molar-refractivity contribution in [3.8, 4) is 0 Å². The van der Waals surface area contributed by atoms with Gasteiger partial charge in [-0.05, 0) is 41.3 Å². The molecule has 4 aromatic rings. The van der Waals surface area contributed by atoms with E-state index in [1.54, 1.807) is 43.4 Å². The molecule has 0 saturated heterocycles. The topological polar surface area (TPSA) is 103 Å². The van der Waals surface area contributed by atoms with Crippen LogP contribution in [0, 0.1) is 0 Å². The summed E-state index contributed by atoms with van der Waals surface area (Å²) in [6.07, 6.45) is 2.16.